The van der Waals surface area contributed by atoms with Gasteiger partial charge in [0.15, 0.2) is 0 Å². The van der Waals surface area contributed by atoms with E-state index in [4.69, 9.17) is 16.3 Å². The summed E-state index contributed by atoms with van der Waals surface area (Å²) in [6, 6.07) is 12.0. The van der Waals surface area contributed by atoms with Crippen molar-refractivity contribution in [2.45, 2.75) is 40.0 Å². The molecule has 0 amide bonds. The van der Waals surface area contributed by atoms with Crippen LogP contribution in [0.2, 0.25) is 5.02 Å². The van der Waals surface area contributed by atoms with Gasteiger partial charge in [-0.2, -0.15) is 0 Å². The van der Waals surface area contributed by atoms with Crippen LogP contribution in [-0.4, -0.2) is 11.0 Å². The highest BCUT2D eigenvalue weighted by Gasteiger charge is 2.09. The third kappa shape index (κ3) is 4.73. The van der Waals surface area contributed by atoms with Crippen molar-refractivity contribution in [3.05, 3.63) is 58.4 Å². The number of nitrogens with one attached hydrogen (secondary N) is 1. The van der Waals surface area contributed by atoms with Crippen LogP contribution in [0.1, 0.15) is 30.8 Å². The number of ether oxygens (including phenoxy) is 1. The van der Waals surface area contributed by atoms with Crippen LogP contribution in [-0.2, 0) is 13.2 Å². The Bertz CT molecular complexity index is 599. The molecule has 0 aliphatic carbocycles. The van der Waals surface area contributed by atoms with E-state index in [9.17, 15) is 0 Å². The molecule has 0 saturated carbocycles. The van der Waals surface area contributed by atoms with Crippen LogP contribution < -0.4 is 10.1 Å². The van der Waals surface area contributed by atoms with E-state index >= 15 is 0 Å². The van der Waals surface area contributed by atoms with Gasteiger partial charge in [-0.25, -0.2) is 0 Å². The monoisotopic (exact) mass is 304 g/mol. The van der Waals surface area contributed by atoms with E-state index in [1.165, 1.54) is 0 Å². The zero-order chi connectivity index (χ0) is 15.2. The molecular weight excluding hydrogens is 284 g/mol. The van der Waals surface area contributed by atoms with Crippen molar-refractivity contribution in [1.82, 2.24) is 10.3 Å². The first-order valence-electron chi connectivity index (χ1n) is 7.12. The molecule has 21 heavy (non-hydrogen) atoms. The van der Waals surface area contributed by atoms with Crippen molar-refractivity contribution in [2.75, 3.05) is 0 Å². The minimum Gasteiger partial charge on any atom is -0.487 e. The third-order valence-corrected chi connectivity index (χ3v) is 3.44. The molecule has 0 spiro atoms. The molecule has 1 aromatic heterocycles. The fourth-order valence-corrected chi connectivity index (χ4v) is 2.22. The van der Waals surface area contributed by atoms with Crippen molar-refractivity contribution >= 4 is 11.6 Å². The average molecular weight is 305 g/mol. The molecule has 1 aromatic carbocycles. The summed E-state index contributed by atoms with van der Waals surface area (Å²) in [5.74, 6) is 0.805. The van der Waals surface area contributed by atoms with Crippen LogP contribution in [0.5, 0.6) is 5.75 Å². The smallest absolute Gasteiger partial charge is 0.130 e. The van der Waals surface area contributed by atoms with Crippen molar-refractivity contribution in [3.8, 4) is 5.75 Å². The number of benzene rings is 1. The van der Waals surface area contributed by atoms with Gasteiger partial charge in [0.2, 0.25) is 0 Å². The van der Waals surface area contributed by atoms with Crippen LogP contribution in [0.3, 0.4) is 0 Å². The summed E-state index contributed by atoms with van der Waals surface area (Å²) in [6.07, 6.45) is 0. The highest BCUT2D eigenvalue weighted by molar-refractivity contribution is 6.31. The van der Waals surface area contributed by atoms with Gasteiger partial charge in [-0.3, -0.25) is 4.98 Å². The largest absolute Gasteiger partial charge is 0.487 e. The van der Waals surface area contributed by atoms with Crippen molar-refractivity contribution in [3.63, 3.8) is 0 Å². The Kier molecular flexibility index (Phi) is 5.59. The Morgan fingerprint density at radius 3 is 2.67 bits per heavy atom. The first-order chi connectivity index (χ1) is 10.1. The normalized spacial score (nSPS) is 10.9. The SMILES string of the molecule is Cc1cccc(COc2cccc(Cl)c2CNC(C)C)n1. The molecule has 1 N–H and O–H groups in total. The molecule has 0 fully saturated rings. The summed E-state index contributed by atoms with van der Waals surface area (Å²) < 4.78 is 5.90. The Labute approximate surface area is 131 Å². The predicted molar refractivity (Wildman–Crippen MR) is 86.7 cm³/mol. The Balaban J connectivity index is 2.10. The average Bonchev–Trinajstić information content (AvgIpc) is 2.44. The zero-order valence-electron chi connectivity index (χ0n) is 12.7. The van der Waals surface area contributed by atoms with E-state index in [0.29, 0.717) is 19.2 Å². The van der Waals surface area contributed by atoms with Crippen LogP contribution in [0.25, 0.3) is 0 Å². The second kappa shape index (κ2) is 7.43. The molecule has 1 heterocycles. The lowest BCUT2D eigenvalue weighted by molar-refractivity contribution is 0.297. The van der Waals surface area contributed by atoms with Crippen molar-refractivity contribution in [1.29, 1.82) is 0 Å². The van der Waals surface area contributed by atoms with Gasteiger partial charge in [0.1, 0.15) is 12.4 Å². The molecule has 2 rings (SSSR count). The highest BCUT2D eigenvalue weighted by atomic mass is 35.5. The van der Waals surface area contributed by atoms with E-state index in [-0.39, 0.29) is 0 Å². The fraction of sp³-hybridized carbons (Fsp3) is 0.353. The number of hydrogen-bond donors (Lipinski definition) is 1. The summed E-state index contributed by atoms with van der Waals surface area (Å²) in [7, 11) is 0. The van der Waals surface area contributed by atoms with Crippen LogP contribution in [0, 0.1) is 6.92 Å². The summed E-state index contributed by atoms with van der Waals surface area (Å²) in [6.45, 7) is 7.31. The minimum atomic E-state index is 0.396. The standard InChI is InChI=1S/C17H21ClN2O/c1-12(2)19-10-15-16(18)8-5-9-17(15)21-11-14-7-4-6-13(3)20-14/h4-9,12,19H,10-11H2,1-3H3. The number of nitrogens with zero attached hydrogens (tertiary/aromatic N) is 1. The second-order valence-electron chi connectivity index (χ2n) is 5.31. The van der Waals surface area contributed by atoms with E-state index in [1.54, 1.807) is 0 Å². The van der Waals surface area contributed by atoms with Gasteiger partial charge in [-0.15, -0.1) is 0 Å². The van der Waals surface area contributed by atoms with Gasteiger partial charge in [0, 0.05) is 28.9 Å². The number of aryl methyl sites for hydroxylation is 1. The molecular formula is C17H21ClN2O. The molecule has 4 heteroatoms. The molecule has 0 saturated heterocycles. The van der Waals surface area contributed by atoms with Gasteiger partial charge >= 0.3 is 0 Å². The lowest BCUT2D eigenvalue weighted by Crippen LogP contribution is -2.22. The number of hydrogen-bond acceptors (Lipinski definition) is 3. The van der Waals surface area contributed by atoms with Crippen LogP contribution in [0.15, 0.2) is 36.4 Å². The van der Waals surface area contributed by atoms with E-state index < -0.39 is 0 Å². The van der Waals surface area contributed by atoms with Crippen LogP contribution in [0.4, 0.5) is 0 Å². The van der Waals surface area contributed by atoms with E-state index in [2.05, 4.69) is 24.1 Å². The van der Waals surface area contributed by atoms with Crippen LogP contribution >= 0.6 is 11.6 Å². The van der Waals surface area contributed by atoms with Gasteiger partial charge in [0.05, 0.1) is 5.69 Å². The quantitative estimate of drug-likeness (QED) is 0.871. The highest BCUT2D eigenvalue weighted by Crippen LogP contribution is 2.27. The third-order valence-electron chi connectivity index (χ3n) is 3.08. The number of halogens is 1. The summed E-state index contributed by atoms with van der Waals surface area (Å²) in [5.41, 5.74) is 2.89. The molecule has 0 atom stereocenters. The Morgan fingerprint density at radius 2 is 1.95 bits per heavy atom. The molecule has 0 aliphatic heterocycles. The number of rotatable bonds is 6. The molecule has 0 aliphatic rings. The zero-order valence-corrected chi connectivity index (χ0v) is 13.4. The maximum Gasteiger partial charge on any atom is 0.130 e. The van der Waals surface area contributed by atoms with Crippen molar-refractivity contribution < 1.29 is 4.74 Å². The summed E-state index contributed by atoms with van der Waals surface area (Å²) in [5, 5.41) is 4.09. The molecule has 0 unspecified atom stereocenters. The van der Waals surface area contributed by atoms with E-state index in [0.717, 1.165) is 27.7 Å². The van der Waals surface area contributed by atoms with Gasteiger partial charge < -0.3 is 10.1 Å². The first-order valence-corrected chi connectivity index (χ1v) is 7.50. The summed E-state index contributed by atoms with van der Waals surface area (Å²) in [4.78, 5) is 4.44. The van der Waals surface area contributed by atoms with Gasteiger partial charge in [-0.05, 0) is 31.2 Å². The molecule has 2 aromatic rings. The fourth-order valence-electron chi connectivity index (χ4n) is 1.98. The Hall–Kier alpha value is -1.58. The Morgan fingerprint density at radius 1 is 1.19 bits per heavy atom. The first kappa shape index (κ1) is 15.8. The summed E-state index contributed by atoms with van der Waals surface area (Å²) >= 11 is 6.28. The second-order valence-corrected chi connectivity index (χ2v) is 5.72. The van der Waals surface area contributed by atoms with Gasteiger partial charge in [0.25, 0.3) is 0 Å². The topological polar surface area (TPSA) is 34.1 Å². The molecule has 0 bridgehead atoms. The molecule has 0 radical (unpaired) electrons. The maximum atomic E-state index is 6.28. The predicted octanol–water partition coefficient (Wildman–Crippen LogP) is 4.12. The minimum absolute atomic E-state index is 0.396. The molecule has 112 valence electrons. The molecule has 3 nitrogen and oxygen atoms in total. The van der Waals surface area contributed by atoms with Gasteiger partial charge in [-0.1, -0.05) is 37.6 Å². The van der Waals surface area contributed by atoms with E-state index in [1.807, 2.05) is 43.3 Å². The lowest BCUT2D eigenvalue weighted by atomic mass is 10.2. The number of pyridine rings is 1. The maximum absolute atomic E-state index is 6.28. The van der Waals surface area contributed by atoms with Crippen molar-refractivity contribution in [2.24, 2.45) is 0 Å². The number of aromatic nitrogens is 1. The lowest BCUT2D eigenvalue weighted by Gasteiger charge is -2.15.